The Morgan fingerprint density at radius 3 is 2.50 bits per heavy atom. The number of halogens is 1. The van der Waals surface area contributed by atoms with Gasteiger partial charge in [0.2, 0.25) is 5.91 Å². The lowest BCUT2D eigenvalue weighted by Crippen LogP contribution is -2.50. The largest absolute Gasteiger partial charge is 0.444 e. The summed E-state index contributed by atoms with van der Waals surface area (Å²) in [4.78, 5) is 23.7. The van der Waals surface area contributed by atoms with Gasteiger partial charge in [0.05, 0.1) is 18.6 Å². The fourth-order valence-corrected chi connectivity index (χ4v) is 2.96. The Labute approximate surface area is 149 Å². The molecule has 2 amide bonds. The minimum atomic E-state index is -0.582. The molecule has 0 aliphatic carbocycles. The van der Waals surface area contributed by atoms with Crippen molar-refractivity contribution in [2.75, 3.05) is 18.5 Å². The maximum atomic E-state index is 12.0. The summed E-state index contributed by atoms with van der Waals surface area (Å²) in [7, 11) is 0. The van der Waals surface area contributed by atoms with E-state index in [2.05, 4.69) is 26.7 Å². The monoisotopic (exact) mass is 399 g/mol. The van der Waals surface area contributed by atoms with Crippen molar-refractivity contribution < 1.29 is 19.1 Å². The summed E-state index contributed by atoms with van der Waals surface area (Å²) in [5.41, 5.74) is 2.58. The molecule has 0 atom stereocenters. The van der Waals surface area contributed by atoms with Crippen molar-refractivity contribution in [3.05, 3.63) is 28.2 Å². The number of carbonyl (C=O) groups excluding carboxylic acids is 2. The van der Waals surface area contributed by atoms with Crippen LogP contribution in [0, 0.1) is 0 Å². The third-order valence-electron chi connectivity index (χ3n) is 3.57. The van der Waals surface area contributed by atoms with Gasteiger partial charge < -0.3 is 9.47 Å². The predicted molar refractivity (Wildman–Crippen MR) is 93.4 cm³/mol. The molecular formula is C16H22BrN3O4. The van der Waals surface area contributed by atoms with Crippen LogP contribution >= 0.6 is 15.9 Å². The molecule has 24 heavy (non-hydrogen) atoms. The molecule has 1 saturated heterocycles. The molecule has 0 bridgehead atoms. The van der Waals surface area contributed by atoms with E-state index >= 15 is 0 Å². The number of rotatable bonds is 4. The van der Waals surface area contributed by atoms with Gasteiger partial charge in [0, 0.05) is 16.6 Å². The normalized spacial score (nSPS) is 16.0. The molecule has 8 heteroatoms. The summed E-state index contributed by atoms with van der Waals surface area (Å²) in [6.07, 6.45) is -0.323. The Morgan fingerprint density at radius 1 is 1.33 bits per heavy atom. The van der Waals surface area contributed by atoms with Crippen molar-refractivity contribution >= 4 is 33.6 Å². The number of benzene rings is 1. The van der Waals surface area contributed by atoms with Crippen LogP contribution in [0.15, 0.2) is 22.7 Å². The van der Waals surface area contributed by atoms with E-state index in [-0.39, 0.29) is 12.3 Å². The molecule has 0 spiro atoms. The first kappa shape index (κ1) is 18.7. The lowest BCUT2D eigenvalue weighted by atomic mass is 9.75. The Hall–Kier alpha value is -1.64. The summed E-state index contributed by atoms with van der Waals surface area (Å²) in [5.74, 6) is 4.93. The van der Waals surface area contributed by atoms with Crippen LogP contribution in [0.25, 0.3) is 0 Å². The Bertz CT molecular complexity index is 639. The minimum absolute atomic E-state index is 0.214. The van der Waals surface area contributed by atoms with Crippen LogP contribution in [0.5, 0.6) is 0 Å². The summed E-state index contributed by atoms with van der Waals surface area (Å²) >= 11 is 3.44. The van der Waals surface area contributed by atoms with Gasteiger partial charge in [-0.05, 0) is 44.5 Å². The van der Waals surface area contributed by atoms with Crippen molar-refractivity contribution in [3.8, 4) is 0 Å². The Morgan fingerprint density at radius 2 is 2.00 bits per heavy atom. The van der Waals surface area contributed by atoms with E-state index in [4.69, 9.17) is 15.3 Å². The van der Waals surface area contributed by atoms with Crippen LogP contribution in [0.2, 0.25) is 0 Å². The van der Waals surface area contributed by atoms with Crippen LogP contribution in [0.4, 0.5) is 10.5 Å². The average molecular weight is 400 g/mol. The fourth-order valence-electron chi connectivity index (χ4n) is 2.47. The first-order valence-electron chi connectivity index (χ1n) is 7.52. The first-order valence-corrected chi connectivity index (χ1v) is 8.31. The van der Waals surface area contributed by atoms with Crippen molar-refractivity contribution in [1.29, 1.82) is 0 Å². The Balaban J connectivity index is 2.22. The SMILES string of the molecule is CC(C)(C)OC(=O)Nc1cc(Br)cc(C2(CC(=O)NN)COC2)c1. The molecule has 0 radical (unpaired) electrons. The number of nitrogens with one attached hydrogen (secondary N) is 2. The van der Waals surface area contributed by atoms with Gasteiger partial charge >= 0.3 is 6.09 Å². The van der Waals surface area contributed by atoms with Gasteiger partial charge in [0.1, 0.15) is 5.60 Å². The highest BCUT2D eigenvalue weighted by Gasteiger charge is 2.42. The number of hydrazine groups is 1. The number of ether oxygens (including phenoxy) is 2. The second-order valence-corrected chi connectivity index (χ2v) is 7.79. The standard InChI is InChI=1S/C16H22BrN3O4/c1-15(2,3)24-14(22)19-12-5-10(4-11(17)6-12)16(8-23-9-16)7-13(21)20-18/h4-6H,7-9,18H2,1-3H3,(H,19,22)(H,20,21). The van der Waals surface area contributed by atoms with Crippen LogP contribution in [-0.4, -0.2) is 30.8 Å². The molecule has 2 rings (SSSR count). The third-order valence-corrected chi connectivity index (χ3v) is 4.03. The molecule has 0 saturated carbocycles. The Kier molecular flexibility index (Phi) is 5.52. The topological polar surface area (TPSA) is 103 Å². The molecule has 1 aliphatic rings. The molecule has 1 fully saturated rings. The molecule has 1 heterocycles. The molecular weight excluding hydrogens is 378 g/mol. The average Bonchev–Trinajstić information content (AvgIpc) is 2.39. The third kappa shape index (κ3) is 4.68. The molecule has 7 nitrogen and oxygen atoms in total. The molecule has 1 aliphatic heterocycles. The second kappa shape index (κ2) is 7.08. The molecule has 4 N–H and O–H groups in total. The van der Waals surface area contributed by atoms with Gasteiger partial charge in [-0.2, -0.15) is 0 Å². The van der Waals surface area contributed by atoms with E-state index in [1.54, 1.807) is 26.8 Å². The highest BCUT2D eigenvalue weighted by molar-refractivity contribution is 9.10. The second-order valence-electron chi connectivity index (χ2n) is 6.87. The smallest absolute Gasteiger partial charge is 0.412 e. The first-order chi connectivity index (χ1) is 11.1. The van der Waals surface area contributed by atoms with E-state index in [1.807, 2.05) is 12.1 Å². The van der Waals surface area contributed by atoms with E-state index < -0.39 is 17.1 Å². The minimum Gasteiger partial charge on any atom is -0.444 e. The summed E-state index contributed by atoms with van der Waals surface area (Å²) < 4.78 is 11.4. The maximum Gasteiger partial charge on any atom is 0.412 e. The van der Waals surface area contributed by atoms with E-state index in [1.165, 1.54) is 0 Å². The van der Waals surface area contributed by atoms with Crippen LogP contribution in [0.1, 0.15) is 32.8 Å². The number of carbonyl (C=O) groups is 2. The summed E-state index contributed by atoms with van der Waals surface area (Å²) in [6.45, 7) is 6.23. The number of hydrogen-bond donors (Lipinski definition) is 3. The van der Waals surface area contributed by atoms with Crippen LogP contribution in [0.3, 0.4) is 0 Å². The zero-order valence-corrected chi connectivity index (χ0v) is 15.5. The molecule has 1 aromatic rings. The molecule has 132 valence electrons. The van der Waals surface area contributed by atoms with E-state index in [0.717, 1.165) is 10.0 Å². The number of nitrogens with two attached hydrogens (primary N) is 1. The highest BCUT2D eigenvalue weighted by atomic mass is 79.9. The van der Waals surface area contributed by atoms with Gasteiger partial charge in [-0.3, -0.25) is 15.5 Å². The summed E-state index contributed by atoms with van der Waals surface area (Å²) in [5, 5.41) is 2.71. The molecule has 1 aromatic carbocycles. The summed E-state index contributed by atoms with van der Waals surface area (Å²) in [6, 6.07) is 5.50. The van der Waals surface area contributed by atoms with Crippen LogP contribution in [-0.2, 0) is 19.7 Å². The molecule has 0 aromatic heterocycles. The zero-order chi connectivity index (χ0) is 18.0. The van der Waals surface area contributed by atoms with Crippen molar-refractivity contribution in [2.45, 2.75) is 38.2 Å². The number of anilines is 1. The van der Waals surface area contributed by atoms with E-state index in [9.17, 15) is 9.59 Å². The number of hydrogen-bond acceptors (Lipinski definition) is 5. The fraction of sp³-hybridized carbons (Fsp3) is 0.500. The van der Waals surface area contributed by atoms with Gasteiger partial charge in [0.15, 0.2) is 0 Å². The van der Waals surface area contributed by atoms with Crippen molar-refractivity contribution in [3.63, 3.8) is 0 Å². The maximum absolute atomic E-state index is 12.0. The lowest BCUT2D eigenvalue weighted by molar-refractivity contribution is -0.129. The number of amides is 2. The van der Waals surface area contributed by atoms with Gasteiger partial charge in [-0.1, -0.05) is 15.9 Å². The van der Waals surface area contributed by atoms with Gasteiger partial charge in [-0.25, -0.2) is 10.6 Å². The lowest BCUT2D eigenvalue weighted by Gasteiger charge is -2.41. The highest BCUT2D eigenvalue weighted by Crippen LogP contribution is 2.38. The van der Waals surface area contributed by atoms with Gasteiger partial charge in [-0.15, -0.1) is 0 Å². The predicted octanol–water partition coefficient (Wildman–Crippen LogP) is 2.44. The van der Waals surface area contributed by atoms with Crippen LogP contribution < -0.4 is 16.6 Å². The van der Waals surface area contributed by atoms with Crippen molar-refractivity contribution in [2.24, 2.45) is 5.84 Å². The van der Waals surface area contributed by atoms with E-state index in [0.29, 0.717) is 18.9 Å². The van der Waals surface area contributed by atoms with Crippen molar-refractivity contribution in [1.82, 2.24) is 5.43 Å². The quantitative estimate of drug-likeness (QED) is 0.409. The molecule has 0 unspecified atom stereocenters. The zero-order valence-electron chi connectivity index (χ0n) is 13.9. The van der Waals surface area contributed by atoms with Gasteiger partial charge in [0.25, 0.3) is 0 Å².